The molecule has 5 atom stereocenters. The maximum absolute atomic E-state index is 14.3. The topological polar surface area (TPSA) is 162 Å². The molecule has 3 aromatic rings. The third kappa shape index (κ3) is 6.48. The zero-order valence-corrected chi connectivity index (χ0v) is 28.2. The lowest BCUT2D eigenvalue weighted by Crippen LogP contribution is -2.60. The number of likely N-dealkylation sites (tertiary alicyclic amines) is 1. The fraction of sp³-hybridized carbons (Fsp3) is 0.378. The summed E-state index contributed by atoms with van der Waals surface area (Å²) < 4.78 is 16.9. The Morgan fingerprint density at radius 2 is 1.86 bits per heavy atom. The van der Waals surface area contributed by atoms with Crippen molar-refractivity contribution in [1.29, 1.82) is 0 Å². The molecule has 4 amide bonds. The van der Waals surface area contributed by atoms with Crippen LogP contribution in [0.2, 0.25) is 0 Å². The molecule has 1 saturated heterocycles. The van der Waals surface area contributed by atoms with Crippen LogP contribution in [-0.2, 0) is 19.1 Å². The second kappa shape index (κ2) is 13.1. The number of hydrogen-bond acceptors (Lipinski definition) is 8. The predicted molar refractivity (Wildman–Crippen MR) is 183 cm³/mol. The molecular formula is C37H41N5O7. The standard InChI is InChI=1S/C37H41N5O7/c1-8-36(9-2)21-37(36,33(38)45)41-31(43)28-18-24(20-42(28)32(44)30(35(3,4)5)40-34(46)48-7)49-29-19-26(22-13-11-10-12-14-22)39-27-17-23(47-6)15-16-25(27)29/h1,9-17,19,24,28,30H,2,18,20-21H2,3-7H3,(H2,38,45)(H,40,46)(H,41,43)/t24-,28+,30-,36?,37+/m1/s1. The molecular weight excluding hydrogens is 626 g/mol. The van der Waals surface area contributed by atoms with Crippen LogP contribution in [0, 0.1) is 23.2 Å². The van der Waals surface area contributed by atoms with Crippen LogP contribution in [-0.4, -0.2) is 78.2 Å². The number of nitrogens with zero attached hydrogens (tertiary/aromatic N) is 2. The number of rotatable bonds is 10. The number of hydrogen-bond donors (Lipinski definition) is 3. The SMILES string of the molecule is C#CC1(C=C)C[C@]1(NC(=O)[C@@H]1C[C@@H](Oc2cc(-c3ccccc3)nc3cc(OC)ccc23)CN1C(=O)[C@@H](NC(=O)OC)C(C)(C)C)C(N)=O. The first-order valence-corrected chi connectivity index (χ1v) is 15.8. The minimum Gasteiger partial charge on any atom is -0.497 e. The molecule has 256 valence electrons. The van der Waals surface area contributed by atoms with E-state index in [1.54, 1.807) is 40.0 Å². The summed E-state index contributed by atoms with van der Waals surface area (Å²) in [5.74, 6) is 1.65. The smallest absolute Gasteiger partial charge is 0.407 e. The summed E-state index contributed by atoms with van der Waals surface area (Å²) in [5.41, 5.74) is 4.40. The van der Waals surface area contributed by atoms with Crippen LogP contribution in [0.1, 0.15) is 33.6 Å². The van der Waals surface area contributed by atoms with Crippen molar-refractivity contribution in [3.63, 3.8) is 0 Å². The molecule has 2 heterocycles. The van der Waals surface area contributed by atoms with Gasteiger partial charge in [0.05, 0.1) is 37.4 Å². The highest BCUT2D eigenvalue weighted by atomic mass is 16.5. The number of benzene rings is 2. The highest BCUT2D eigenvalue weighted by Crippen LogP contribution is 2.56. The van der Waals surface area contributed by atoms with Crippen molar-refractivity contribution in [1.82, 2.24) is 20.5 Å². The normalized spacial score (nSPS) is 23.5. The van der Waals surface area contributed by atoms with Gasteiger partial charge in [0.1, 0.15) is 35.2 Å². The first-order valence-electron chi connectivity index (χ1n) is 15.8. The molecule has 2 aliphatic rings. The Balaban J connectivity index is 1.53. The molecule has 4 N–H and O–H groups in total. The summed E-state index contributed by atoms with van der Waals surface area (Å²) in [6.07, 6.45) is 5.80. The summed E-state index contributed by atoms with van der Waals surface area (Å²) in [7, 11) is 2.77. The largest absolute Gasteiger partial charge is 0.497 e. The van der Waals surface area contributed by atoms with Crippen molar-refractivity contribution >= 4 is 34.7 Å². The quantitative estimate of drug-likeness (QED) is 0.218. The molecule has 49 heavy (non-hydrogen) atoms. The van der Waals surface area contributed by atoms with Crippen molar-refractivity contribution in [2.45, 2.75) is 57.3 Å². The molecule has 1 saturated carbocycles. The average Bonchev–Trinajstić information content (AvgIpc) is 3.56. The van der Waals surface area contributed by atoms with Gasteiger partial charge in [-0.25, -0.2) is 9.78 Å². The third-order valence-electron chi connectivity index (χ3n) is 9.30. The Morgan fingerprint density at radius 1 is 1.14 bits per heavy atom. The van der Waals surface area contributed by atoms with E-state index < -0.39 is 58.4 Å². The van der Waals surface area contributed by atoms with Gasteiger partial charge in [-0.3, -0.25) is 14.4 Å². The van der Waals surface area contributed by atoms with Crippen molar-refractivity contribution < 1.29 is 33.4 Å². The fourth-order valence-corrected chi connectivity index (χ4v) is 6.37. The van der Waals surface area contributed by atoms with E-state index in [0.717, 1.165) is 5.56 Å². The Bertz CT molecular complexity index is 1850. The molecule has 0 radical (unpaired) electrons. The number of nitrogens with two attached hydrogens (primary N) is 1. The number of carbonyl (C=O) groups excluding carboxylic acids is 4. The molecule has 1 aliphatic carbocycles. The van der Waals surface area contributed by atoms with Crippen molar-refractivity contribution in [2.24, 2.45) is 16.6 Å². The van der Waals surface area contributed by atoms with E-state index >= 15 is 0 Å². The van der Waals surface area contributed by atoms with Crippen molar-refractivity contribution in [3.05, 3.63) is 67.3 Å². The highest BCUT2D eigenvalue weighted by Gasteiger charge is 2.71. The Labute approximate surface area is 285 Å². The first kappa shape index (κ1) is 34.8. The summed E-state index contributed by atoms with van der Waals surface area (Å²) in [6.45, 7) is 9.08. The molecule has 12 heteroatoms. The lowest BCUT2D eigenvalue weighted by atomic mass is 9.85. The van der Waals surface area contributed by atoms with Gasteiger partial charge in [-0.05, 0) is 17.5 Å². The van der Waals surface area contributed by atoms with Crippen LogP contribution < -0.4 is 25.8 Å². The van der Waals surface area contributed by atoms with Crippen LogP contribution >= 0.6 is 0 Å². The van der Waals surface area contributed by atoms with Gasteiger partial charge in [0, 0.05) is 35.9 Å². The van der Waals surface area contributed by atoms with Crippen molar-refractivity contribution in [2.75, 3.05) is 20.8 Å². The van der Waals surface area contributed by atoms with Gasteiger partial charge in [0.2, 0.25) is 17.7 Å². The van der Waals surface area contributed by atoms with E-state index in [1.165, 1.54) is 18.1 Å². The number of alkyl carbamates (subject to hydrolysis) is 1. The highest BCUT2D eigenvalue weighted by molar-refractivity contribution is 5.99. The van der Waals surface area contributed by atoms with E-state index in [4.69, 9.17) is 31.4 Å². The van der Waals surface area contributed by atoms with Crippen LogP contribution in [0.5, 0.6) is 11.5 Å². The monoisotopic (exact) mass is 667 g/mol. The number of nitrogens with one attached hydrogen (secondary N) is 2. The van der Waals surface area contributed by atoms with Gasteiger partial charge < -0.3 is 35.5 Å². The number of primary amides is 1. The second-order valence-electron chi connectivity index (χ2n) is 13.4. The van der Waals surface area contributed by atoms with Crippen LogP contribution in [0.4, 0.5) is 4.79 Å². The van der Waals surface area contributed by atoms with Gasteiger partial charge in [0.15, 0.2) is 0 Å². The van der Waals surface area contributed by atoms with E-state index in [1.807, 2.05) is 42.5 Å². The third-order valence-corrected chi connectivity index (χ3v) is 9.30. The zero-order valence-electron chi connectivity index (χ0n) is 28.2. The summed E-state index contributed by atoms with van der Waals surface area (Å²) in [5, 5.41) is 6.08. The second-order valence-corrected chi connectivity index (χ2v) is 13.4. The molecule has 1 unspecified atom stereocenters. The summed E-state index contributed by atoms with van der Waals surface area (Å²) in [6, 6.07) is 14.7. The lowest BCUT2D eigenvalue weighted by molar-refractivity contribution is -0.142. The molecule has 0 bridgehead atoms. The van der Waals surface area contributed by atoms with Crippen LogP contribution in [0.3, 0.4) is 0 Å². The van der Waals surface area contributed by atoms with E-state index in [0.29, 0.717) is 28.1 Å². The van der Waals surface area contributed by atoms with E-state index in [9.17, 15) is 19.2 Å². The summed E-state index contributed by atoms with van der Waals surface area (Å²) >= 11 is 0. The van der Waals surface area contributed by atoms with E-state index in [2.05, 4.69) is 23.1 Å². The average molecular weight is 668 g/mol. The van der Waals surface area contributed by atoms with Crippen LogP contribution in [0.25, 0.3) is 22.2 Å². The molecule has 2 aromatic carbocycles. The van der Waals surface area contributed by atoms with Gasteiger partial charge in [-0.15, -0.1) is 13.0 Å². The summed E-state index contributed by atoms with van der Waals surface area (Å²) in [4.78, 5) is 59.6. The minimum absolute atomic E-state index is 0.0156. The number of amides is 4. The van der Waals surface area contributed by atoms with E-state index in [-0.39, 0.29) is 19.4 Å². The molecule has 12 nitrogen and oxygen atoms in total. The van der Waals surface area contributed by atoms with Crippen molar-refractivity contribution in [3.8, 4) is 35.1 Å². The molecule has 1 aliphatic heterocycles. The number of pyridine rings is 1. The maximum atomic E-state index is 14.3. The Morgan fingerprint density at radius 3 is 2.43 bits per heavy atom. The number of fused-ring (bicyclic) bond motifs is 1. The Kier molecular flexibility index (Phi) is 9.32. The fourth-order valence-electron chi connectivity index (χ4n) is 6.37. The number of carbonyl (C=O) groups is 4. The number of methoxy groups -OCH3 is 2. The first-order chi connectivity index (χ1) is 23.2. The molecule has 1 aromatic heterocycles. The molecule has 5 rings (SSSR count). The predicted octanol–water partition coefficient (Wildman–Crippen LogP) is 3.58. The Hall–Kier alpha value is -5.57. The van der Waals surface area contributed by atoms with Gasteiger partial charge >= 0.3 is 6.09 Å². The van der Waals surface area contributed by atoms with Gasteiger partial charge in [-0.2, -0.15) is 0 Å². The molecule has 2 fully saturated rings. The minimum atomic E-state index is -1.56. The number of terminal acetylenes is 1. The van der Waals surface area contributed by atoms with Gasteiger partial charge in [0.25, 0.3) is 0 Å². The number of ether oxygens (including phenoxy) is 3. The lowest BCUT2D eigenvalue weighted by Gasteiger charge is -2.35. The number of aromatic nitrogens is 1. The molecule has 0 spiro atoms. The maximum Gasteiger partial charge on any atom is 0.407 e. The van der Waals surface area contributed by atoms with Gasteiger partial charge in [-0.1, -0.05) is 63.1 Å². The van der Waals surface area contributed by atoms with Crippen LogP contribution in [0.15, 0.2) is 67.3 Å². The zero-order chi connectivity index (χ0) is 35.7.